The van der Waals surface area contributed by atoms with E-state index in [0.717, 1.165) is 12.2 Å². The van der Waals surface area contributed by atoms with Crippen molar-refractivity contribution < 1.29 is 15.0 Å². The zero-order valence-electron chi connectivity index (χ0n) is 23.6. The van der Waals surface area contributed by atoms with E-state index in [9.17, 15) is 9.90 Å². The molecule has 0 fully saturated rings. The number of rotatable bonds is 23. The Morgan fingerprint density at radius 3 is 1.72 bits per heavy atom. The number of nitrogens with one attached hydrogen (secondary N) is 2. The summed E-state index contributed by atoms with van der Waals surface area (Å²) in [5.41, 5.74) is 1.57. The van der Waals surface area contributed by atoms with E-state index in [4.69, 9.17) is 5.11 Å². The molecule has 6 heteroatoms. The SMILES string of the molecule is CC[Si](CC)(CC)CCCCCCCCCCCCCCNc1ccc(C(=O)NCC(O)CO)cc1. The highest BCUT2D eigenvalue weighted by Gasteiger charge is 2.25. The highest BCUT2D eigenvalue weighted by atomic mass is 28.3. The Kier molecular flexibility index (Phi) is 18.7. The highest BCUT2D eigenvalue weighted by molar-refractivity contribution is 6.79. The molecule has 36 heavy (non-hydrogen) atoms. The molecule has 0 radical (unpaired) electrons. The average Bonchev–Trinajstić information content (AvgIpc) is 2.92. The third-order valence-corrected chi connectivity index (χ3v) is 14.0. The molecule has 0 heterocycles. The molecule has 0 spiro atoms. The summed E-state index contributed by atoms with van der Waals surface area (Å²) in [4.78, 5) is 12.0. The predicted molar refractivity (Wildman–Crippen MR) is 158 cm³/mol. The molecule has 0 aromatic heterocycles. The first-order chi connectivity index (χ1) is 17.5. The van der Waals surface area contributed by atoms with Crippen molar-refractivity contribution in [1.29, 1.82) is 0 Å². The number of benzene rings is 1. The van der Waals surface area contributed by atoms with Gasteiger partial charge >= 0.3 is 0 Å². The molecule has 0 aliphatic heterocycles. The molecule has 0 aliphatic rings. The van der Waals surface area contributed by atoms with E-state index in [1.54, 1.807) is 18.2 Å². The van der Waals surface area contributed by atoms with Crippen molar-refractivity contribution in [1.82, 2.24) is 5.32 Å². The Labute approximate surface area is 222 Å². The van der Waals surface area contributed by atoms with Crippen molar-refractivity contribution >= 4 is 19.7 Å². The lowest BCUT2D eigenvalue weighted by Gasteiger charge is -2.28. The molecule has 1 amide bonds. The summed E-state index contributed by atoms with van der Waals surface area (Å²) in [6.45, 7) is 7.93. The zero-order chi connectivity index (χ0) is 26.5. The first-order valence-electron chi connectivity index (χ1n) is 14.9. The van der Waals surface area contributed by atoms with Gasteiger partial charge in [0.2, 0.25) is 0 Å². The van der Waals surface area contributed by atoms with Crippen molar-refractivity contribution in [2.24, 2.45) is 0 Å². The number of amides is 1. The Morgan fingerprint density at radius 2 is 1.25 bits per heavy atom. The van der Waals surface area contributed by atoms with Crippen molar-refractivity contribution in [3.8, 4) is 0 Å². The smallest absolute Gasteiger partial charge is 0.251 e. The van der Waals surface area contributed by atoms with Gasteiger partial charge in [0.15, 0.2) is 0 Å². The van der Waals surface area contributed by atoms with Gasteiger partial charge in [-0.2, -0.15) is 0 Å². The van der Waals surface area contributed by atoms with Gasteiger partial charge in [-0.3, -0.25) is 4.79 Å². The van der Waals surface area contributed by atoms with Crippen LogP contribution in [-0.4, -0.2) is 50.0 Å². The maximum atomic E-state index is 12.0. The largest absolute Gasteiger partial charge is 0.394 e. The summed E-state index contributed by atoms with van der Waals surface area (Å²) < 4.78 is 0. The Hall–Kier alpha value is -1.37. The van der Waals surface area contributed by atoms with E-state index < -0.39 is 14.2 Å². The number of hydrogen-bond donors (Lipinski definition) is 4. The number of carbonyl (C=O) groups is 1. The van der Waals surface area contributed by atoms with Gasteiger partial charge in [-0.1, -0.05) is 116 Å². The molecule has 0 aliphatic carbocycles. The second-order valence-corrected chi connectivity index (χ2v) is 16.2. The van der Waals surface area contributed by atoms with Gasteiger partial charge in [0.25, 0.3) is 5.91 Å². The monoisotopic (exact) mass is 520 g/mol. The Morgan fingerprint density at radius 1 is 0.778 bits per heavy atom. The minimum Gasteiger partial charge on any atom is -0.394 e. The van der Waals surface area contributed by atoms with Crippen LogP contribution in [0.1, 0.15) is 108 Å². The molecule has 0 saturated heterocycles. The normalized spacial score (nSPS) is 12.5. The van der Waals surface area contributed by atoms with Crippen LogP contribution >= 0.6 is 0 Å². The summed E-state index contributed by atoms with van der Waals surface area (Å²) in [5, 5.41) is 24.2. The molecular formula is C30H56N2O3Si. The van der Waals surface area contributed by atoms with Crippen LogP contribution in [0.3, 0.4) is 0 Å². The van der Waals surface area contributed by atoms with Crippen molar-refractivity contribution in [2.75, 3.05) is 25.0 Å². The number of carbonyl (C=O) groups excluding carboxylic acids is 1. The first kappa shape index (κ1) is 32.7. The molecule has 1 atom stereocenters. The summed E-state index contributed by atoms with van der Waals surface area (Å²) in [6.07, 6.45) is 15.6. The zero-order valence-corrected chi connectivity index (χ0v) is 24.6. The number of unbranched alkanes of at least 4 members (excludes halogenated alkanes) is 11. The Balaban J connectivity index is 1.94. The lowest BCUT2D eigenvalue weighted by Crippen LogP contribution is -2.33. The van der Waals surface area contributed by atoms with Crippen LogP contribution in [0.4, 0.5) is 5.69 Å². The van der Waals surface area contributed by atoms with E-state index in [1.165, 1.54) is 95.2 Å². The minimum absolute atomic E-state index is 0.0501. The third-order valence-electron chi connectivity index (χ3n) is 8.07. The second kappa shape index (κ2) is 20.7. The predicted octanol–water partition coefficient (Wildman–Crippen LogP) is 7.37. The maximum absolute atomic E-state index is 12.0. The molecule has 0 saturated carbocycles. The van der Waals surface area contributed by atoms with Crippen LogP contribution in [0.25, 0.3) is 0 Å². The highest BCUT2D eigenvalue weighted by Crippen LogP contribution is 2.27. The van der Waals surface area contributed by atoms with E-state index in [0.29, 0.717) is 5.56 Å². The molecule has 1 aromatic rings. The minimum atomic E-state index is -0.923. The fraction of sp³-hybridized carbons (Fsp3) is 0.767. The molecule has 1 rings (SSSR count). The fourth-order valence-corrected chi connectivity index (χ4v) is 8.58. The standard InChI is InChI=1S/C30H56N2O3Si/c1-4-36(5-2,6-3)24-18-16-14-12-10-8-7-9-11-13-15-17-23-31-28-21-19-27(20-22-28)30(35)32-25-29(34)26-33/h19-22,29,31,33-34H,4-18,23-26H2,1-3H3,(H,32,35). The first-order valence-corrected chi connectivity index (χ1v) is 17.7. The quantitative estimate of drug-likeness (QED) is 0.0896. The van der Waals surface area contributed by atoms with Crippen LogP contribution in [-0.2, 0) is 0 Å². The number of anilines is 1. The molecule has 1 unspecified atom stereocenters. The van der Waals surface area contributed by atoms with Gasteiger partial charge in [0.1, 0.15) is 0 Å². The van der Waals surface area contributed by atoms with E-state index >= 15 is 0 Å². The molecule has 4 N–H and O–H groups in total. The second-order valence-electron chi connectivity index (χ2n) is 10.6. The number of aliphatic hydroxyl groups excluding tert-OH is 2. The molecule has 1 aromatic carbocycles. The van der Waals surface area contributed by atoms with Gasteiger partial charge < -0.3 is 20.8 Å². The van der Waals surface area contributed by atoms with Crippen LogP contribution in [0.2, 0.25) is 24.2 Å². The van der Waals surface area contributed by atoms with Gasteiger partial charge in [-0.05, 0) is 30.7 Å². The fourth-order valence-electron chi connectivity index (χ4n) is 5.02. The van der Waals surface area contributed by atoms with Crippen molar-refractivity contribution in [3.63, 3.8) is 0 Å². The lowest BCUT2D eigenvalue weighted by molar-refractivity contribution is 0.0802. The summed E-state index contributed by atoms with van der Waals surface area (Å²) >= 11 is 0. The summed E-state index contributed by atoms with van der Waals surface area (Å²) in [7, 11) is -0.880. The topological polar surface area (TPSA) is 81.6 Å². The van der Waals surface area contributed by atoms with Crippen LogP contribution in [0, 0.1) is 0 Å². The average molecular weight is 521 g/mol. The summed E-state index contributed by atoms with van der Waals surface area (Å²) in [5.74, 6) is -0.243. The third kappa shape index (κ3) is 14.4. The van der Waals surface area contributed by atoms with Gasteiger partial charge in [-0.25, -0.2) is 0 Å². The molecule has 0 bridgehead atoms. The van der Waals surface area contributed by atoms with Gasteiger partial charge in [0.05, 0.1) is 20.8 Å². The Bertz CT molecular complexity index is 656. The molecular weight excluding hydrogens is 464 g/mol. The number of hydrogen-bond acceptors (Lipinski definition) is 4. The van der Waals surface area contributed by atoms with Crippen LogP contribution < -0.4 is 10.6 Å². The molecule has 5 nitrogen and oxygen atoms in total. The lowest BCUT2D eigenvalue weighted by atomic mass is 10.1. The number of aliphatic hydroxyl groups is 2. The van der Waals surface area contributed by atoms with Gasteiger partial charge in [-0.15, -0.1) is 0 Å². The van der Waals surface area contributed by atoms with Crippen molar-refractivity contribution in [2.45, 2.75) is 128 Å². The van der Waals surface area contributed by atoms with E-state index in [1.807, 2.05) is 12.1 Å². The van der Waals surface area contributed by atoms with Crippen LogP contribution in [0.5, 0.6) is 0 Å². The van der Waals surface area contributed by atoms with E-state index in [2.05, 4.69) is 31.4 Å². The van der Waals surface area contributed by atoms with E-state index in [-0.39, 0.29) is 19.1 Å². The maximum Gasteiger partial charge on any atom is 0.251 e. The molecule has 208 valence electrons. The van der Waals surface area contributed by atoms with Crippen LogP contribution in [0.15, 0.2) is 24.3 Å². The summed E-state index contributed by atoms with van der Waals surface area (Å²) in [6, 6.07) is 13.4. The van der Waals surface area contributed by atoms with Crippen molar-refractivity contribution in [3.05, 3.63) is 29.8 Å². The van der Waals surface area contributed by atoms with Gasteiger partial charge in [0, 0.05) is 24.3 Å².